The van der Waals surface area contributed by atoms with Gasteiger partial charge in [0.1, 0.15) is 0 Å². The molecule has 1 unspecified atom stereocenters. The second-order valence-corrected chi connectivity index (χ2v) is 6.85. The zero-order valence-electron chi connectivity index (χ0n) is 11.7. The van der Waals surface area contributed by atoms with Crippen LogP contribution < -0.4 is 5.32 Å². The maximum absolute atomic E-state index is 12.3. The van der Waals surface area contributed by atoms with E-state index in [9.17, 15) is 9.59 Å². The largest absolute Gasteiger partial charge is 0.300 e. The third-order valence-electron chi connectivity index (χ3n) is 3.64. The average Bonchev–Trinajstić information content (AvgIpc) is 2.95. The third kappa shape index (κ3) is 3.30. The van der Waals surface area contributed by atoms with E-state index >= 15 is 0 Å². The van der Waals surface area contributed by atoms with E-state index in [1.807, 2.05) is 25.3 Å². The molecular weight excluding hydrogens is 340 g/mol. The van der Waals surface area contributed by atoms with Crippen LogP contribution in [0.4, 0.5) is 0 Å². The molecule has 1 aliphatic heterocycles. The number of carbonyl (C=O) groups excluding carboxylic acids is 2. The Bertz CT molecular complexity index is 499. The number of likely N-dealkylation sites (tertiary alicyclic amines) is 1. The van der Waals surface area contributed by atoms with E-state index < -0.39 is 0 Å². The first-order valence-corrected chi connectivity index (χ1v) is 8.56. The van der Waals surface area contributed by atoms with E-state index in [0.717, 1.165) is 22.2 Å². The van der Waals surface area contributed by atoms with Crippen molar-refractivity contribution in [2.75, 3.05) is 0 Å². The molecule has 1 aromatic rings. The summed E-state index contributed by atoms with van der Waals surface area (Å²) in [6.07, 6.45) is 1.92. The predicted octanol–water partition coefficient (Wildman–Crippen LogP) is 2.92. The zero-order valence-corrected chi connectivity index (χ0v) is 14.1. The van der Waals surface area contributed by atoms with Crippen molar-refractivity contribution in [2.24, 2.45) is 0 Å². The minimum absolute atomic E-state index is 0.0395. The lowest BCUT2D eigenvalue weighted by molar-refractivity contribution is -0.141. The number of hydrogen-bond acceptors (Lipinski definition) is 4. The monoisotopic (exact) mass is 358 g/mol. The first kappa shape index (κ1) is 15.7. The average molecular weight is 359 g/mol. The van der Waals surface area contributed by atoms with Crippen molar-refractivity contribution in [2.45, 2.75) is 51.7 Å². The number of halogens is 1. The third-order valence-corrected chi connectivity index (χ3v) is 5.33. The van der Waals surface area contributed by atoms with E-state index in [4.69, 9.17) is 0 Å². The fourth-order valence-corrected chi connectivity index (χ4v) is 3.92. The summed E-state index contributed by atoms with van der Waals surface area (Å²) >= 11 is 5.04. The highest BCUT2D eigenvalue weighted by molar-refractivity contribution is 9.10. The van der Waals surface area contributed by atoms with Crippen LogP contribution in [-0.4, -0.2) is 28.8 Å². The minimum atomic E-state index is -0.371. The number of nitrogens with one attached hydrogen (secondary N) is 1. The molecule has 2 heterocycles. The summed E-state index contributed by atoms with van der Waals surface area (Å²) in [7, 11) is 0. The van der Waals surface area contributed by atoms with Gasteiger partial charge in [-0.3, -0.25) is 14.5 Å². The first-order valence-electron chi connectivity index (χ1n) is 6.89. The molecule has 0 bridgehead atoms. The maximum atomic E-state index is 12.3. The van der Waals surface area contributed by atoms with Crippen LogP contribution in [0.1, 0.15) is 38.0 Å². The van der Waals surface area contributed by atoms with Crippen molar-refractivity contribution < 1.29 is 9.59 Å². The molecule has 0 saturated carbocycles. The van der Waals surface area contributed by atoms with Gasteiger partial charge in [-0.05, 0) is 34.8 Å². The van der Waals surface area contributed by atoms with Gasteiger partial charge in [-0.2, -0.15) is 0 Å². The van der Waals surface area contributed by atoms with Crippen LogP contribution in [0.25, 0.3) is 0 Å². The summed E-state index contributed by atoms with van der Waals surface area (Å²) in [5.41, 5.74) is 0. The number of hydrogen-bond donors (Lipinski definition) is 1. The molecule has 6 heteroatoms. The minimum Gasteiger partial charge on any atom is -0.300 e. The summed E-state index contributed by atoms with van der Waals surface area (Å²) in [6.45, 7) is 4.65. The van der Waals surface area contributed by atoms with E-state index in [-0.39, 0.29) is 30.3 Å². The Morgan fingerprint density at radius 1 is 1.45 bits per heavy atom. The van der Waals surface area contributed by atoms with Crippen LogP contribution in [-0.2, 0) is 16.1 Å². The van der Waals surface area contributed by atoms with Gasteiger partial charge in [-0.25, -0.2) is 0 Å². The van der Waals surface area contributed by atoms with Crippen LogP contribution in [0.2, 0.25) is 0 Å². The molecule has 0 aliphatic carbocycles. The van der Waals surface area contributed by atoms with E-state index in [1.54, 1.807) is 11.3 Å². The maximum Gasteiger partial charge on any atom is 0.247 e. The fourth-order valence-electron chi connectivity index (χ4n) is 2.52. The lowest BCUT2D eigenvalue weighted by Gasteiger charge is -2.24. The van der Waals surface area contributed by atoms with Gasteiger partial charge in [0.2, 0.25) is 11.8 Å². The van der Waals surface area contributed by atoms with Gasteiger partial charge >= 0.3 is 0 Å². The standard InChI is InChI=1S/C14H19BrN2O2S/c1-3-10(4-2)17-13(18)6-12(14(17)19)16-7-11-5-9(15)8-20-11/h5,8,10,12,16H,3-4,6-7H2,1-2H3. The molecule has 0 radical (unpaired) electrons. The van der Waals surface area contributed by atoms with Gasteiger partial charge in [-0.1, -0.05) is 13.8 Å². The molecule has 1 atom stereocenters. The SMILES string of the molecule is CCC(CC)N1C(=O)CC(NCc2cc(Br)cs2)C1=O. The number of amides is 2. The summed E-state index contributed by atoms with van der Waals surface area (Å²) < 4.78 is 1.05. The van der Waals surface area contributed by atoms with E-state index in [0.29, 0.717) is 6.54 Å². The summed E-state index contributed by atoms with van der Waals surface area (Å²) in [4.78, 5) is 27.0. The molecular formula is C14H19BrN2O2S. The van der Waals surface area contributed by atoms with Crippen molar-refractivity contribution in [3.05, 3.63) is 20.8 Å². The highest BCUT2D eigenvalue weighted by atomic mass is 79.9. The van der Waals surface area contributed by atoms with Gasteiger partial charge in [0.25, 0.3) is 0 Å². The van der Waals surface area contributed by atoms with Gasteiger partial charge in [0, 0.05) is 27.3 Å². The number of thiophene rings is 1. The molecule has 1 aromatic heterocycles. The van der Waals surface area contributed by atoms with Crippen molar-refractivity contribution in [1.82, 2.24) is 10.2 Å². The van der Waals surface area contributed by atoms with Gasteiger partial charge in [-0.15, -0.1) is 11.3 Å². The predicted molar refractivity (Wildman–Crippen MR) is 83.5 cm³/mol. The quantitative estimate of drug-likeness (QED) is 0.795. The number of imide groups is 1. The highest BCUT2D eigenvalue weighted by Gasteiger charge is 2.40. The molecule has 1 aliphatic rings. The summed E-state index contributed by atoms with van der Waals surface area (Å²) in [6, 6.07) is 1.69. The Morgan fingerprint density at radius 3 is 2.70 bits per heavy atom. The van der Waals surface area contributed by atoms with Crippen LogP contribution in [0.5, 0.6) is 0 Å². The van der Waals surface area contributed by atoms with Crippen LogP contribution in [0, 0.1) is 0 Å². The number of nitrogens with zero attached hydrogens (tertiary/aromatic N) is 1. The Kier molecular flexibility index (Phi) is 5.35. The van der Waals surface area contributed by atoms with Gasteiger partial charge in [0.05, 0.1) is 12.5 Å². The van der Waals surface area contributed by atoms with Gasteiger partial charge in [0.15, 0.2) is 0 Å². The molecule has 2 amide bonds. The van der Waals surface area contributed by atoms with Crippen LogP contribution in [0.15, 0.2) is 15.9 Å². The van der Waals surface area contributed by atoms with E-state index in [1.165, 1.54) is 4.90 Å². The fraction of sp³-hybridized carbons (Fsp3) is 0.571. The van der Waals surface area contributed by atoms with Crippen LogP contribution in [0.3, 0.4) is 0 Å². The number of carbonyl (C=O) groups is 2. The number of rotatable bonds is 6. The molecule has 4 nitrogen and oxygen atoms in total. The topological polar surface area (TPSA) is 49.4 Å². The first-order chi connectivity index (χ1) is 9.56. The second kappa shape index (κ2) is 6.83. The second-order valence-electron chi connectivity index (χ2n) is 4.94. The Morgan fingerprint density at radius 2 is 2.15 bits per heavy atom. The zero-order chi connectivity index (χ0) is 14.7. The molecule has 1 fully saturated rings. The molecule has 0 aromatic carbocycles. The smallest absolute Gasteiger partial charge is 0.247 e. The van der Waals surface area contributed by atoms with Crippen molar-refractivity contribution >= 4 is 39.1 Å². The highest BCUT2D eigenvalue weighted by Crippen LogP contribution is 2.22. The van der Waals surface area contributed by atoms with Gasteiger partial charge < -0.3 is 5.32 Å². The summed E-state index contributed by atoms with van der Waals surface area (Å²) in [5, 5.41) is 5.21. The Balaban J connectivity index is 1.97. The van der Waals surface area contributed by atoms with Crippen molar-refractivity contribution in [3.63, 3.8) is 0 Å². The molecule has 1 saturated heterocycles. The summed E-state index contributed by atoms with van der Waals surface area (Å²) in [5.74, 6) is -0.118. The lowest BCUT2D eigenvalue weighted by Crippen LogP contribution is -2.43. The van der Waals surface area contributed by atoms with Crippen LogP contribution >= 0.6 is 27.3 Å². The Labute approximate surface area is 131 Å². The molecule has 110 valence electrons. The van der Waals surface area contributed by atoms with E-state index in [2.05, 4.69) is 21.2 Å². The van der Waals surface area contributed by atoms with Crippen molar-refractivity contribution in [1.29, 1.82) is 0 Å². The normalized spacial score (nSPS) is 19.4. The molecule has 1 N–H and O–H groups in total. The Hall–Kier alpha value is -0.720. The van der Waals surface area contributed by atoms with Crippen molar-refractivity contribution in [3.8, 4) is 0 Å². The molecule has 20 heavy (non-hydrogen) atoms. The lowest BCUT2D eigenvalue weighted by atomic mass is 10.1. The molecule has 0 spiro atoms. The molecule has 2 rings (SSSR count).